The molecule has 0 spiro atoms. The Hall–Kier alpha value is -0.190. The van der Waals surface area contributed by atoms with Crippen molar-refractivity contribution in [3.63, 3.8) is 0 Å². The molecule has 0 saturated heterocycles. The van der Waals surface area contributed by atoms with Gasteiger partial charge in [0.25, 0.3) is 0 Å². The van der Waals surface area contributed by atoms with Crippen molar-refractivity contribution >= 4 is 22.5 Å². The number of hydrogen-bond acceptors (Lipinski definition) is 4. The summed E-state index contributed by atoms with van der Waals surface area (Å²) >= 11 is 4.07. The predicted molar refractivity (Wildman–Crippen MR) is 51.7 cm³/mol. The summed E-state index contributed by atoms with van der Waals surface area (Å²) in [7, 11) is 1.33. The Morgan fingerprint density at radius 2 is 2.45 bits per heavy atom. The molecule has 1 atom stereocenters. The Balaban J connectivity index is 3.02. The number of hydrogen-bond donors (Lipinski definition) is 2. The first-order valence-electron chi connectivity index (χ1n) is 3.27. The van der Waals surface area contributed by atoms with Gasteiger partial charge < -0.3 is 5.73 Å². The monoisotopic (exact) mass is 186 g/mol. The Morgan fingerprint density at radius 3 is 2.91 bits per heavy atom. The third-order valence-electron chi connectivity index (χ3n) is 1.38. The highest BCUT2D eigenvalue weighted by molar-refractivity contribution is 8.68. The van der Waals surface area contributed by atoms with E-state index >= 15 is 0 Å². The number of rotatable bonds is 2. The minimum atomic E-state index is 0.0262. The average Bonchev–Trinajstić information content (AvgIpc) is 2.04. The van der Waals surface area contributed by atoms with Gasteiger partial charge in [0.05, 0.1) is 0 Å². The lowest BCUT2D eigenvalue weighted by molar-refractivity contribution is 0.780. The van der Waals surface area contributed by atoms with Crippen molar-refractivity contribution in [2.24, 2.45) is 5.73 Å². The van der Waals surface area contributed by atoms with E-state index in [1.54, 1.807) is 6.20 Å². The lowest BCUT2D eigenvalue weighted by Gasteiger charge is -2.07. The highest BCUT2D eigenvalue weighted by Crippen LogP contribution is 2.25. The van der Waals surface area contributed by atoms with Crippen LogP contribution in [0.5, 0.6) is 0 Å². The summed E-state index contributed by atoms with van der Waals surface area (Å²) in [6.45, 7) is 1.94. The van der Waals surface area contributed by atoms with Crippen LogP contribution in [-0.2, 0) is 0 Å². The van der Waals surface area contributed by atoms with E-state index in [9.17, 15) is 0 Å². The van der Waals surface area contributed by atoms with Gasteiger partial charge in [-0.2, -0.15) is 0 Å². The average molecular weight is 186 g/mol. The van der Waals surface area contributed by atoms with E-state index < -0.39 is 0 Å². The zero-order chi connectivity index (χ0) is 8.27. The summed E-state index contributed by atoms with van der Waals surface area (Å²) in [4.78, 5) is 4.12. The van der Waals surface area contributed by atoms with Gasteiger partial charge in [0.15, 0.2) is 0 Å². The van der Waals surface area contributed by atoms with Gasteiger partial charge in [-0.05, 0) is 23.8 Å². The van der Waals surface area contributed by atoms with Crippen LogP contribution in [0.1, 0.15) is 18.5 Å². The molecule has 11 heavy (non-hydrogen) atoms. The van der Waals surface area contributed by atoms with Crippen molar-refractivity contribution in [1.29, 1.82) is 0 Å². The van der Waals surface area contributed by atoms with Gasteiger partial charge in [-0.15, -0.1) is 11.7 Å². The van der Waals surface area contributed by atoms with Crippen LogP contribution in [0.3, 0.4) is 0 Å². The molecule has 0 fully saturated rings. The second kappa shape index (κ2) is 3.99. The zero-order valence-corrected chi connectivity index (χ0v) is 7.90. The van der Waals surface area contributed by atoms with Crippen molar-refractivity contribution in [3.05, 3.63) is 23.9 Å². The number of pyridine rings is 1. The molecular formula is C7H10N2S2. The topological polar surface area (TPSA) is 38.9 Å². The maximum atomic E-state index is 5.70. The molecule has 1 rings (SSSR count). The molecule has 0 aromatic carbocycles. The van der Waals surface area contributed by atoms with Crippen LogP contribution < -0.4 is 5.73 Å². The second-order valence-electron chi connectivity index (χ2n) is 2.28. The van der Waals surface area contributed by atoms with Crippen molar-refractivity contribution in [3.8, 4) is 0 Å². The first-order chi connectivity index (χ1) is 5.25. The van der Waals surface area contributed by atoms with Gasteiger partial charge in [0, 0.05) is 17.8 Å². The van der Waals surface area contributed by atoms with Gasteiger partial charge in [0.1, 0.15) is 5.03 Å². The quantitative estimate of drug-likeness (QED) is 0.548. The number of nitrogens with two attached hydrogens (primary N) is 1. The van der Waals surface area contributed by atoms with Crippen molar-refractivity contribution in [1.82, 2.24) is 4.98 Å². The molecular weight excluding hydrogens is 176 g/mol. The normalized spacial score (nSPS) is 13.0. The molecule has 0 aliphatic carbocycles. The van der Waals surface area contributed by atoms with E-state index in [1.165, 1.54) is 10.8 Å². The molecule has 1 unspecified atom stereocenters. The van der Waals surface area contributed by atoms with Crippen molar-refractivity contribution in [2.75, 3.05) is 0 Å². The van der Waals surface area contributed by atoms with E-state index in [2.05, 4.69) is 16.6 Å². The smallest absolute Gasteiger partial charge is 0.111 e. The fraction of sp³-hybridized carbons (Fsp3) is 0.286. The molecule has 2 nitrogen and oxygen atoms in total. The maximum absolute atomic E-state index is 5.70. The third kappa shape index (κ3) is 2.12. The first-order valence-corrected chi connectivity index (χ1v) is 5.14. The number of aromatic nitrogens is 1. The molecule has 0 bridgehead atoms. The summed E-state index contributed by atoms with van der Waals surface area (Å²) in [5.41, 5.74) is 6.75. The van der Waals surface area contributed by atoms with Crippen LogP contribution in [-0.4, -0.2) is 4.98 Å². The van der Waals surface area contributed by atoms with Gasteiger partial charge in [-0.1, -0.05) is 6.07 Å². The predicted octanol–water partition coefficient (Wildman–Crippen LogP) is 2.04. The molecule has 1 aromatic heterocycles. The third-order valence-corrected chi connectivity index (χ3v) is 2.41. The first kappa shape index (κ1) is 8.90. The van der Waals surface area contributed by atoms with Crippen LogP contribution in [0.2, 0.25) is 0 Å². The molecule has 0 amide bonds. The fourth-order valence-electron chi connectivity index (χ4n) is 0.826. The van der Waals surface area contributed by atoms with Crippen LogP contribution in [0.15, 0.2) is 23.4 Å². The van der Waals surface area contributed by atoms with Crippen LogP contribution in [0, 0.1) is 0 Å². The molecule has 0 radical (unpaired) electrons. The highest BCUT2D eigenvalue weighted by atomic mass is 33.1. The van der Waals surface area contributed by atoms with E-state index in [0.29, 0.717) is 0 Å². The Morgan fingerprint density at radius 1 is 1.73 bits per heavy atom. The van der Waals surface area contributed by atoms with Crippen molar-refractivity contribution < 1.29 is 0 Å². The standard InChI is InChI=1S/C7H10N2S2/c1-5(8)6-3-2-4-9-7(6)11-10/h2-5,10H,8H2,1H3. The van der Waals surface area contributed by atoms with Gasteiger partial charge >= 0.3 is 0 Å². The van der Waals surface area contributed by atoms with Crippen LogP contribution in [0.25, 0.3) is 0 Å². The van der Waals surface area contributed by atoms with E-state index in [0.717, 1.165) is 10.6 Å². The lowest BCUT2D eigenvalue weighted by atomic mass is 10.2. The van der Waals surface area contributed by atoms with E-state index in [-0.39, 0.29) is 6.04 Å². The van der Waals surface area contributed by atoms with Gasteiger partial charge in [0.2, 0.25) is 0 Å². The zero-order valence-electron chi connectivity index (χ0n) is 6.19. The second-order valence-corrected chi connectivity index (χ2v) is 3.39. The Bertz CT molecular complexity index is 238. The molecule has 0 aliphatic heterocycles. The Labute approximate surface area is 75.4 Å². The molecule has 4 heteroatoms. The Kier molecular flexibility index (Phi) is 3.23. The van der Waals surface area contributed by atoms with E-state index in [4.69, 9.17) is 5.73 Å². The largest absolute Gasteiger partial charge is 0.324 e. The summed E-state index contributed by atoms with van der Waals surface area (Å²) < 4.78 is 0. The summed E-state index contributed by atoms with van der Waals surface area (Å²) in [6.07, 6.45) is 1.74. The summed E-state index contributed by atoms with van der Waals surface area (Å²) in [6, 6.07) is 3.88. The van der Waals surface area contributed by atoms with Crippen LogP contribution >= 0.6 is 22.5 Å². The molecule has 0 saturated carbocycles. The maximum Gasteiger partial charge on any atom is 0.111 e. The van der Waals surface area contributed by atoms with Gasteiger partial charge in [-0.25, -0.2) is 4.98 Å². The molecule has 60 valence electrons. The molecule has 1 heterocycles. The molecule has 0 aliphatic rings. The fourth-order valence-corrected chi connectivity index (χ4v) is 1.75. The molecule has 2 N–H and O–H groups in total. The van der Waals surface area contributed by atoms with Crippen molar-refractivity contribution in [2.45, 2.75) is 18.0 Å². The minimum Gasteiger partial charge on any atom is -0.324 e. The minimum absolute atomic E-state index is 0.0262. The van der Waals surface area contributed by atoms with Crippen LogP contribution in [0.4, 0.5) is 0 Å². The lowest BCUT2D eigenvalue weighted by Crippen LogP contribution is -2.06. The SMILES string of the molecule is CC(N)c1cccnc1SS. The number of nitrogens with zero attached hydrogens (tertiary/aromatic N) is 1. The number of thiol groups is 1. The van der Waals surface area contributed by atoms with Gasteiger partial charge in [-0.3, -0.25) is 0 Å². The molecule has 1 aromatic rings. The van der Waals surface area contributed by atoms with E-state index in [1.807, 2.05) is 19.1 Å². The summed E-state index contributed by atoms with van der Waals surface area (Å²) in [5.74, 6) is 0. The highest BCUT2D eigenvalue weighted by Gasteiger charge is 2.05. The summed E-state index contributed by atoms with van der Waals surface area (Å²) in [5, 5.41) is 0.894.